The van der Waals surface area contributed by atoms with Crippen molar-refractivity contribution in [1.29, 1.82) is 0 Å². The average Bonchev–Trinajstić information content (AvgIpc) is 2.28. The highest BCUT2D eigenvalue weighted by molar-refractivity contribution is 9.24. The van der Waals surface area contributed by atoms with Crippen molar-refractivity contribution in [3.63, 3.8) is 0 Å². The summed E-state index contributed by atoms with van der Waals surface area (Å²) in [7, 11) is 0. The molecule has 6 heteroatoms. The molecule has 1 aliphatic heterocycles. The number of carbonyl (C=O) groups is 2. The Morgan fingerprint density at radius 1 is 1.50 bits per heavy atom. The lowest BCUT2D eigenvalue weighted by atomic mass is 10.3. The van der Waals surface area contributed by atoms with Crippen molar-refractivity contribution in [2.24, 2.45) is 0 Å². The van der Waals surface area contributed by atoms with Crippen LogP contribution in [0.1, 0.15) is 6.92 Å². The molecule has 68 valence electrons. The second kappa shape index (κ2) is 3.74. The van der Waals surface area contributed by atoms with Gasteiger partial charge in [0.25, 0.3) is 0 Å². The van der Waals surface area contributed by atoms with Crippen LogP contribution in [0.4, 0.5) is 4.79 Å². The van der Waals surface area contributed by atoms with Gasteiger partial charge in [-0.3, -0.25) is 10.1 Å². The Hall–Kier alpha value is -0.100. The molecule has 0 aromatic heterocycles. The van der Waals surface area contributed by atoms with E-state index in [1.54, 1.807) is 0 Å². The van der Waals surface area contributed by atoms with Crippen molar-refractivity contribution >= 4 is 43.8 Å². The topological polar surface area (TPSA) is 49.4 Å². The molecule has 0 saturated carbocycles. The molecule has 0 radical (unpaired) electrons. The van der Waals surface area contributed by atoms with E-state index in [-0.39, 0.29) is 28.3 Å². The second-order valence-electron chi connectivity index (χ2n) is 2.56. The normalized spacial score (nSPS) is 20.2. The van der Waals surface area contributed by atoms with Gasteiger partial charge in [0.15, 0.2) is 0 Å². The predicted molar refractivity (Wildman–Crippen MR) is 51.3 cm³/mol. The molecule has 1 rings (SSSR count). The lowest BCUT2D eigenvalue weighted by Gasteiger charge is -2.23. The smallest absolute Gasteiger partial charge is 0.310 e. The highest BCUT2D eigenvalue weighted by Crippen LogP contribution is 2.19. The summed E-state index contributed by atoms with van der Waals surface area (Å²) in [4.78, 5) is 23.3. The van der Waals surface area contributed by atoms with Crippen LogP contribution < -0.4 is 5.32 Å². The first-order chi connectivity index (χ1) is 5.52. The van der Waals surface area contributed by atoms with Gasteiger partial charge in [-0.15, -0.1) is 0 Å². The number of amides is 3. The number of urea groups is 1. The van der Waals surface area contributed by atoms with Crippen molar-refractivity contribution in [3.05, 3.63) is 0 Å². The summed E-state index contributed by atoms with van der Waals surface area (Å²) in [5.41, 5.74) is 0. The predicted octanol–water partition coefficient (Wildman–Crippen LogP) is 1.04. The van der Waals surface area contributed by atoms with E-state index >= 15 is 0 Å². The van der Waals surface area contributed by atoms with Crippen LogP contribution in [0.3, 0.4) is 0 Å². The molecule has 0 aromatic carbocycles. The van der Waals surface area contributed by atoms with Crippen LogP contribution in [-0.2, 0) is 4.79 Å². The summed E-state index contributed by atoms with van der Waals surface area (Å²) in [5.74, 6) is -0.243. The van der Waals surface area contributed by atoms with Crippen molar-refractivity contribution in [3.8, 4) is 0 Å². The molecule has 1 fully saturated rings. The minimum atomic E-state index is -0.323. The van der Waals surface area contributed by atoms with Crippen molar-refractivity contribution in [1.82, 2.24) is 10.2 Å². The molecule has 1 atom stereocenters. The number of nitrogens with one attached hydrogen (secondary N) is 1. The average molecular weight is 300 g/mol. The fourth-order valence-electron chi connectivity index (χ4n) is 0.922. The Morgan fingerprint density at radius 3 is 2.42 bits per heavy atom. The maximum Gasteiger partial charge on any atom is 0.324 e. The molecule has 3 amide bonds. The Labute approximate surface area is 86.9 Å². The Bertz CT molecular complexity index is 220. The van der Waals surface area contributed by atoms with Gasteiger partial charge in [0, 0.05) is 0 Å². The number of carbonyl (C=O) groups excluding carboxylic acids is 2. The molecule has 4 nitrogen and oxygen atoms in total. The number of hydrogen-bond acceptors (Lipinski definition) is 2. The van der Waals surface area contributed by atoms with E-state index in [4.69, 9.17) is 0 Å². The SMILES string of the molecule is CC(C(Br)Br)N1CC(=O)NC1=O. The highest BCUT2D eigenvalue weighted by Gasteiger charge is 2.32. The molecular weight excluding hydrogens is 292 g/mol. The summed E-state index contributed by atoms with van der Waals surface area (Å²) in [6.07, 6.45) is 0. The minimum absolute atomic E-state index is 0.00153. The summed E-state index contributed by atoms with van der Waals surface area (Å²) in [5, 5.41) is 2.21. The van der Waals surface area contributed by atoms with E-state index in [9.17, 15) is 9.59 Å². The monoisotopic (exact) mass is 298 g/mol. The Kier molecular flexibility index (Phi) is 3.11. The molecule has 0 spiro atoms. The number of rotatable bonds is 2. The molecule has 1 aliphatic rings. The molecule has 1 heterocycles. The van der Waals surface area contributed by atoms with Crippen LogP contribution in [0, 0.1) is 0 Å². The first-order valence-corrected chi connectivity index (χ1v) is 5.24. The number of alkyl halides is 2. The third kappa shape index (κ3) is 1.98. The van der Waals surface area contributed by atoms with Crippen LogP contribution >= 0.6 is 31.9 Å². The first-order valence-electron chi connectivity index (χ1n) is 3.41. The number of hydrogen-bond donors (Lipinski definition) is 1. The molecule has 1 saturated heterocycles. The van der Waals surface area contributed by atoms with Crippen molar-refractivity contribution in [2.45, 2.75) is 16.7 Å². The van der Waals surface area contributed by atoms with Gasteiger partial charge in [0.2, 0.25) is 5.91 Å². The summed E-state index contributed by atoms with van der Waals surface area (Å²) < 4.78 is 0.00153. The summed E-state index contributed by atoms with van der Waals surface area (Å²) in [6.45, 7) is 2.00. The lowest BCUT2D eigenvalue weighted by Crippen LogP contribution is -2.39. The van der Waals surface area contributed by atoms with Crippen LogP contribution in [0.15, 0.2) is 0 Å². The fourth-order valence-corrected chi connectivity index (χ4v) is 1.49. The third-order valence-corrected chi connectivity index (χ3v) is 3.21. The van der Waals surface area contributed by atoms with Crippen LogP contribution in [-0.4, -0.2) is 33.2 Å². The number of imide groups is 1. The fraction of sp³-hybridized carbons (Fsp3) is 0.667. The Balaban J connectivity index is 2.64. The zero-order valence-electron chi connectivity index (χ0n) is 6.38. The third-order valence-electron chi connectivity index (χ3n) is 1.68. The first kappa shape index (κ1) is 9.98. The van der Waals surface area contributed by atoms with Crippen molar-refractivity contribution in [2.75, 3.05) is 6.54 Å². The summed E-state index contributed by atoms with van der Waals surface area (Å²) >= 11 is 6.56. The van der Waals surface area contributed by atoms with E-state index in [0.717, 1.165) is 0 Å². The van der Waals surface area contributed by atoms with E-state index in [0.29, 0.717) is 0 Å². The van der Waals surface area contributed by atoms with E-state index < -0.39 is 0 Å². The number of halogens is 2. The van der Waals surface area contributed by atoms with Crippen molar-refractivity contribution < 1.29 is 9.59 Å². The van der Waals surface area contributed by atoms with Gasteiger partial charge in [0.1, 0.15) is 6.54 Å². The lowest BCUT2D eigenvalue weighted by molar-refractivity contribution is -0.118. The number of nitrogens with zero attached hydrogens (tertiary/aromatic N) is 1. The maximum atomic E-state index is 11.1. The molecule has 1 N–H and O–H groups in total. The highest BCUT2D eigenvalue weighted by atomic mass is 79.9. The van der Waals surface area contributed by atoms with Gasteiger partial charge >= 0.3 is 6.03 Å². The van der Waals surface area contributed by atoms with Crippen LogP contribution in [0.5, 0.6) is 0 Å². The maximum absolute atomic E-state index is 11.1. The zero-order chi connectivity index (χ0) is 9.30. The van der Waals surface area contributed by atoms with Crippen LogP contribution in [0.2, 0.25) is 0 Å². The van der Waals surface area contributed by atoms with E-state index in [2.05, 4.69) is 37.2 Å². The largest absolute Gasteiger partial charge is 0.324 e. The van der Waals surface area contributed by atoms with E-state index in [1.807, 2.05) is 6.92 Å². The zero-order valence-corrected chi connectivity index (χ0v) is 9.55. The standard InChI is InChI=1S/C6H8Br2N2O2/c1-3(5(7)8)10-2-4(11)9-6(10)12/h3,5H,2H2,1H3,(H,9,11,12). The van der Waals surface area contributed by atoms with E-state index in [1.165, 1.54) is 4.90 Å². The molecule has 0 aliphatic carbocycles. The van der Waals surface area contributed by atoms with Gasteiger partial charge < -0.3 is 4.90 Å². The molecule has 12 heavy (non-hydrogen) atoms. The second-order valence-corrected chi connectivity index (χ2v) is 5.76. The quantitative estimate of drug-likeness (QED) is 0.612. The molecule has 0 bridgehead atoms. The van der Waals surface area contributed by atoms with Gasteiger partial charge in [-0.2, -0.15) is 0 Å². The molecule has 0 aromatic rings. The molecular formula is C6H8Br2N2O2. The molecule has 1 unspecified atom stereocenters. The van der Waals surface area contributed by atoms with Crippen LogP contribution in [0.25, 0.3) is 0 Å². The summed E-state index contributed by atoms with van der Waals surface area (Å²) in [6, 6.07) is -0.368. The Morgan fingerprint density at radius 2 is 2.08 bits per heavy atom. The van der Waals surface area contributed by atoms with Gasteiger partial charge in [-0.1, -0.05) is 31.9 Å². The van der Waals surface area contributed by atoms with Gasteiger partial charge in [-0.25, -0.2) is 4.79 Å². The van der Waals surface area contributed by atoms with Gasteiger partial charge in [-0.05, 0) is 6.92 Å². The minimum Gasteiger partial charge on any atom is -0.310 e. The van der Waals surface area contributed by atoms with Gasteiger partial charge in [0.05, 0.1) is 9.78 Å².